The quantitative estimate of drug-likeness (QED) is 0.732. The zero-order chi connectivity index (χ0) is 20.5. The van der Waals surface area contributed by atoms with Crippen LogP contribution in [0.2, 0.25) is 10.0 Å². The summed E-state index contributed by atoms with van der Waals surface area (Å²) < 4.78 is 0. The standard InChI is InChI=1S/C22H22Cl2N2O3/c23-18-3-1-15(2-4-18)12-26-13-17-10-16(11-19(24)20(17)21(26)27)9-14-5-7-25(8-6-14)22(28)29/h1-4,10-11,14H,5-9,12-13H2,(H,28,29). The van der Waals surface area contributed by atoms with Crippen LogP contribution in [0.25, 0.3) is 0 Å². The molecule has 2 amide bonds. The topological polar surface area (TPSA) is 60.9 Å². The minimum Gasteiger partial charge on any atom is -0.465 e. The van der Waals surface area contributed by atoms with Gasteiger partial charge in [0.1, 0.15) is 0 Å². The molecule has 0 unspecified atom stereocenters. The number of carbonyl (C=O) groups is 2. The van der Waals surface area contributed by atoms with Gasteiger partial charge < -0.3 is 14.9 Å². The van der Waals surface area contributed by atoms with Crippen molar-refractivity contribution in [3.63, 3.8) is 0 Å². The number of hydrogen-bond donors (Lipinski definition) is 1. The second-order valence-electron chi connectivity index (χ2n) is 7.82. The number of carboxylic acid groups (broad SMARTS) is 1. The van der Waals surface area contributed by atoms with Gasteiger partial charge >= 0.3 is 6.09 Å². The molecule has 5 nitrogen and oxygen atoms in total. The third-order valence-electron chi connectivity index (χ3n) is 5.79. The molecule has 2 heterocycles. The molecule has 2 aliphatic rings. The summed E-state index contributed by atoms with van der Waals surface area (Å²) in [5, 5.41) is 10.3. The fraction of sp³-hybridized carbons (Fsp3) is 0.364. The highest BCUT2D eigenvalue weighted by atomic mass is 35.5. The van der Waals surface area contributed by atoms with Gasteiger partial charge in [0, 0.05) is 31.2 Å². The normalized spacial score (nSPS) is 17.0. The van der Waals surface area contributed by atoms with E-state index in [9.17, 15) is 9.59 Å². The number of amides is 2. The highest BCUT2D eigenvalue weighted by Gasteiger charge is 2.31. The Balaban J connectivity index is 1.45. The Kier molecular flexibility index (Phi) is 5.70. The van der Waals surface area contributed by atoms with Crippen LogP contribution in [0.3, 0.4) is 0 Å². The third-order valence-corrected chi connectivity index (χ3v) is 6.34. The van der Waals surface area contributed by atoms with Gasteiger partial charge in [-0.1, -0.05) is 41.4 Å². The maximum atomic E-state index is 12.8. The molecule has 1 saturated heterocycles. The van der Waals surface area contributed by atoms with Gasteiger partial charge in [-0.15, -0.1) is 0 Å². The number of hydrogen-bond acceptors (Lipinski definition) is 2. The summed E-state index contributed by atoms with van der Waals surface area (Å²) >= 11 is 12.4. The van der Waals surface area contributed by atoms with E-state index in [4.69, 9.17) is 28.3 Å². The van der Waals surface area contributed by atoms with Gasteiger partial charge in [0.2, 0.25) is 0 Å². The lowest BCUT2D eigenvalue weighted by atomic mass is 9.89. The van der Waals surface area contributed by atoms with E-state index in [2.05, 4.69) is 6.07 Å². The number of likely N-dealkylation sites (tertiary alicyclic amines) is 1. The summed E-state index contributed by atoms with van der Waals surface area (Å²) in [6.45, 7) is 2.21. The van der Waals surface area contributed by atoms with Crippen LogP contribution >= 0.6 is 23.2 Å². The maximum Gasteiger partial charge on any atom is 0.407 e. The molecule has 2 aromatic rings. The van der Waals surface area contributed by atoms with Crippen molar-refractivity contribution < 1.29 is 14.7 Å². The van der Waals surface area contributed by atoms with Crippen molar-refractivity contribution in [2.45, 2.75) is 32.4 Å². The second-order valence-corrected chi connectivity index (χ2v) is 8.66. The average Bonchev–Trinajstić information content (AvgIpc) is 3.00. The first-order chi connectivity index (χ1) is 13.9. The van der Waals surface area contributed by atoms with E-state index >= 15 is 0 Å². The lowest BCUT2D eigenvalue weighted by Crippen LogP contribution is -2.37. The van der Waals surface area contributed by atoms with Crippen molar-refractivity contribution in [2.24, 2.45) is 5.92 Å². The smallest absolute Gasteiger partial charge is 0.407 e. The van der Waals surface area contributed by atoms with Gasteiger partial charge in [0.25, 0.3) is 5.91 Å². The fourth-order valence-corrected chi connectivity index (χ4v) is 4.71. The largest absolute Gasteiger partial charge is 0.465 e. The van der Waals surface area contributed by atoms with Crippen molar-refractivity contribution in [3.8, 4) is 0 Å². The van der Waals surface area contributed by atoms with Crippen molar-refractivity contribution in [1.29, 1.82) is 0 Å². The summed E-state index contributed by atoms with van der Waals surface area (Å²) in [4.78, 5) is 27.2. The van der Waals surface area contributed by atoms with Crippen LogP contribution in [0.15, 0.2) is 36.4 Å². The summed E-state index contributed by atoms with van der Waals surface area (Å²) in [5.41, 5.74) is 3.71. The molecule has 0 aliphatic carbocycles. The number of rotatable bonds is 4. The highest BCUT2D eigenvalue weighted by Crippen LogP contribution is 2.33. The molecule has 0 atom stereocenters. The zero-order valence-electron chi connectivity index (χ0n) is 15.9. The van der Waals surface area contributed by atoms with E-state index in [0.717, 1.165) is 36.0 Å². The Morgan fingerprint density at radius 3 is 2.41 bits per heavy atom. The summed E-state index contributed by atoms with van der Waals surface area (Å²) in [6.07, 6.45) is 1.71. The highest BCUT2D eigenvalue weighted by molar-refractivity contribution is 6.34. The van der Waals surface area contributed by atoms with E-state index in [1.807, 2.05) is 30.3 Å². The average molecular weight is 433 g/mol. The number of benzene rings is 2. The lowest BCUT2D eigenvalue weighted by Gasteiger charge is -2.30. The van der Waals surface area contributed by atoms with Crippen molar-refractivity contribution in [2.75, 3.05) is 13.1 Å². The van der Waals surface area contributed by atoms with Crippen molar-refractivity contribution in [3.05, 3.63) is 68.7 Å². The zero-order valence-corrected chi connectivity index (χ0v) is 17.4. The number of nitrogens with zero attached hydrogens (tertiary/aromatic N) is 2. The summed E-state index contributed by atoms with van der Waals surface area (Å²) in [6, 6.07) is 11.5. The monoisotopic (exact) mass is 432 g/mol. The molecule has 2 aliphatic heterocycles. The SMILES string of the molecule is O=C(O)N1CCC(Cc2cc(Cl)c3c(c2)CN(Cc2ccc(Cl)cc2)C3=O)CC1. The van der Waals surface area contributed by atoms with Gasteiger partial charge in [-0.3, -0.25) is 4.79 Å². The van der Waals surface area contributed by atoms with E-state index in [1.54, 1.807) is 4.90 Å². The Morgan fingerprint density at radius 1 is 1.07 bits per heavy atom. The van der Waals surface area contributed by atoms with Crippen LogP contribution < -0.4 is 0 Å². The van der Waals surface area contributed by atoms with E-state index in [-0.39, 0.29) is 5.91 Å². The number of halogens is 2. The molecular formula is C22H22Cl2N2O3. The molecule has 0 spiro atoms. The molecule has 152 valence electrons. The minimum atomic E-state index is -0.844. The molecule has 0 aromatic heterocycles. The van der Waals surface area contributed by atoms with E-state index < -0.39 is 6.09 Å². The maximum absolute atomic E-state index is 12.8. The van der Waals surface area contributed by atoms with Crippen LogP contribution in [-0.4, -0.2) is 40.0 Å². The van der Waals surface area contributed by atoms with E-state index in [0.29, 0.717) is 47.7 Å². The predicted octanol–water partition coefficient (Wildman–Crippen LogP) is 5.08. The first-order valence-corrected chi connectivity index (χ1v) is 10.5. The molecule has 2 aromatic carbocycles. The Hall–Kier alpha value is -2.24. The first-order valence-electron chi connectivity index (χ1n) is 9.73. The summed E-state index contributed by atoms with van der Waals surface area (Å²) in [7, 11) is 0. The first kappa shape index (κ1) is 20.0. The number of carbonyl (C=O) groups excluding carboxylic acids is 1. The van der Waals surface area contributed by atoms with Crippen molar-refractivity contribution in [1.82, 2.24) is 9.80 Å². The third kappa shape index (κ3) is 4.36. The Labute approximate surface area is 179 Å². The predicted molar refractivity (Wildman–Crippen MR) is 113 cm³/mol. The van der Waals surface area contributed by atoms with Crippen molar-refractivity contribution >= 4 is 35.2 Å². The minimum absolute atomic E-state index is 0.0405. The van der Waals surface area contributed by atoms with Crippen LogP contribution in [0.5, 0.6) is 0 Å². The summed E-state index contributed by atoms with van der Waals surface area (Å²) in [5.74, 6) is 0.392. The fourth-order valence-electron chi connectivity index (χ4n) is 4.24. The molecular weight excluding hydrogens is 411 g/mol. The molecule has 7 heteroatoms. The van der Waals surface area contributed by atoms with Crippen LogP contribution in [0, 0.1) is 5.92 Å². The van der Waals surface area contributed by atoms with Gasteiger partial charge in [-0.2, -0.15) is 0 Å². The molecule has 0 bridgehead atoms. The molecule has 1 N–H and O–H groups in total. The Morgan fingerprint density at radius 2 is 1.76 bits per heavy atom. The van der Waals surface area contributed by atoms with E-state index in [1.165, 1.54) is 4.90 Å². The number of piperidine rings is 1. The van der Waals surface area contributed by atoms with Gasteiger partial charge in [-0.25, -0.2) is 4.79 Å². The number of fused-ring (bicyclic) bond motifs is 1. The molecule has 29 heavy (non-hydrogen) atoms. The van der Waals surface area contributed by atoms with Crippen LogP contribution in [0.1, 0.15) is 39.9 Å². The second kappa shape index (κ2) is 8.25. The van der Waals surface area contributed by atoms with Crippen LogP contribution in [-0.2, 0) is 19.5 Å². The molecule has 1 fully saturated rings. The van der Waals surface area contributed by atoms with Gasteiger partial charge in [-0.05, 0) is 60.1 Å². The molecule has 0 saturated carbocycles. The van der Waals surface area contributed by atoms with Gasteiger partial charge in [0.05, 0.1) is 10.6 Å². The molecule has 4 rings (SSSR count). The molecule has 0 radical (unpaired) electrons. The van der Waals surface area contributed by atoms with Crippen LogP contribution in [0.4, 0.5) is 4.79 Å². The van der Waals surface area contributed by atoms with Gasteiger partial charge in [0.15, 0.2) is 0 Å². The Bertz CT molecular complexity index is 938. The lowest BCUT2D eigenvalue weighted by molar-refractivity contribution is 0.0766.